The normalized spacial score (nSPS) is 11.7. The van der Waals surface area contributed by atoms with E-state index < -0.39 is 34.7 Å². The number of rotatable bonds is 4. The number of carboxylic acid groups (broad SMARTS) is 1. The van der Waals surface area contributed by atoms with Crippen LogP contribution in [0, 0.1) is 0 Å². The maximum absolute atomic E-state index is 14.1. The fourth-order valence-electron chi connectivity index (χ4n) is 3.16. The lowest BCUT2D eigenvalue weighted by molar-refractivity contribution is -0.142. The van der Waals surface area contributed by atoms with Crippen LogP contribution in [0.15, 0.2) is 53.2 Å². The Kier molecular flexibility index (Phi) is 5.66. The van der Waals surface area contributed by atoms with Crippen molar-refractivity contribution < 1.29 is 27.6 Å². The van der Waals surface area contributed by atoms with Crippen LogP contribution in [-0.2, 0) is 6.18 Å². The Labute approximate surface area is 192 Å². The Bertz CT molecular complexity index is 1330. The molecule has 2 aromatic carbocycles. The van der Waals surface area contributed by atoms with Crippen LogP contribution in [0.1, 0.15) is 16.1 Å². The van der Waals surface area contributed by atoms with Crippen molar-refractivity contribution in [2.24, 2.45) is 0 Å². The molecule has 2 heterocycles. The number of alkyl halides is 3. The minimum atomic E-state index is -4.93. The Hall–Kier alpha value is -3.01. The molecular formula is C20H9Cl3F3N3O3. The molecule has 1 N–H and O–H groups in total. The molecule has 4 aromatic rings. The van der Waals surface area contributed by atoms with Gasteiger partial charge in [-0.2, -0.15) is 18.3 Å². The van der Waals surface area contributed by atoms with E-state index in [4.69, 9.17) is 39.3 Å². The average Bonchev–Trinajstić information content (AvgIpc) is 3.32. The predicted octanol–water partition coefficient (Wildman–Crippen LogP) is 6.87. The monoisotopic (exact) mass is 501 g/mol. The van der Waals surface area contributed by atoms with Crippen LogP contribution in [0.2, 0.25) is 15.1 Å². The number of nitrogens with zero attached hydrogens (tertiary/aromatic N) is 3. The highest BCUT2D eigenvalue weighted by Crippen LogP contribution is 2.43. The second kappa shape index (κ2) is 8.16. The van der Waals surface area contributed by atoms with E-state index in [1.54, 1.807) is 0 Å². The molecule has 6 nitrogen and oxygen atoms in total. The summed E-state index contributed by atoms with van der Waals surface area (Å²) in [6.45, 7) is 0. The third kappa shape index (κ3) is 3.83. The molecule has 0 aliphatic heterocycles. The molecular weight excluding hydrogens is 494 g/mol. The molecule has 0 amide bonds. The van der Waals surface area contributed by atoms with E-state index in [2.05, 4.69) is 10.3 Å². The molecule has 0 fully saturated rings. The molecule has 0 aliphatic rings. The van der Waals surface area contributed by atoms with Crippen molar-refractivity contribution >= 4 is 40.8 Å². The zero-order valence-corrected chi connectivity index (χ0v) is 17.8. The first kappa shape index (κ1) is 22.2. The van der Waals surface area contributed by atoms with Gasteiger partial charge >= 0.3 is 12.1 Å². The zero-order chi connectivity index (χ0) is 23.2. The van der Waals surface area contributed by atoms with E-state index in [0.29, 0.717) is 4.68 Å². The van der Waals surface area contributed by atoms with Gasteiger partial charge < -0.3 is 9.63 Å². The Morgan fingerprint density at radius 3 is 2.31 bits per heavy atom. The lowest BCUT2D eigenvalue weighted by Crippen LogP contribution is -2.15. The first-order valence-electron chi connectivity index (χ1n) is 8.68. The first-order chi connectivity index (χ1) is 15.1. The number of halogens is 6. The summed E-state index contributed by atoms with van der Waals surface area (Å²) in [7, 11) is 0. The van der Waals surface area contributed by atoms with E-state index in [-0.39, 0.29) is 32.0 Å². The highest BCUT2D eigenvalue weighted by molar-refractivity contribution is 6.39. The molecule has 2 aromatic heterocycles. The Morgan fingerprint density at radius 2 is 1.72 bits per heavy atom. The van der Waals surface area contributed by atoms with Gasteiger partial charge in [-0.15, -0.1) is 0 Å². The van der Waals surface area contributed by atoms with Crippen LogP contribution in [0.25, 0.3) is 28.3 Å². The Balaban J connectivity index is 2.00. The highest BCUT2D eigenvalue weighted by atomic mass is 35.5. The van der Waals surface area contributed by atoms with Crippen LogP contribution >= 0.6 is 34.8 Å². The number of hydrogen-bond acceptors (Lipinski definition) is 4. The molecule has 0 bridgehead atoms. The van der Waals surface area contributed by atoms with Gasteiger partial charge in [0.05, 0.1) is 27.5 Å². The van der Waals surface area contributed by atoms with Crippen molar-refractivity contribution in [2.45, 2.75) is 6.18 Å². The number of benzene rings is 2. The molecule has 0 saturated carbocycles. The van der Waals surface area contributed by atoms with E-state index in [9.17, 15) is 23.1 Å². The maximum Gasteiger partial charge on any atom is 0.434 e. The standard InChI is InChI=1S/C20H9Cl3F3N3O3/c21-9-3-1-4-10(7-9)29-18(20(24,25)26)11(8-27-29)17-15(19(30)31)16(28-32-17)14-12(22)5-2-6-13(14)23/h1-8H,(H,30,31). The molecule has 4 rings (SSSR count). The topological polar surface area (TPSA) is 81.2 Å². The zero-order valence-electron chi connectivity index (χ0n) is 15.5. The van der Waals surface area contributed by atoms with Crippen LogP contribution in [-0.4, -0.2) is 26.0 Å². The second-order valence-electron chi connectivity index (χ2n) is 6.43. The average molecular weight is 503 g/mol. The van der Waals surface area contributed by atoms with Gasteiger partial charge in [-0.05, 0) is 30.3 Å². The summed E-state index contributed by atoms with van der Waals surface area (Å²) in [6, 6.07) is 9.97. The molecule has 0 aliphatic carbocycles. The summed E-state index contributed by atoms with van der Waals surface area (Å²) < 4.78 is 47.9. The van der Waals surface area contributed by atoms with Crippen LogP contribution in [0.3, 0.4) is 0 Å². The van der Waals surface area contributed by atoms with Gasteiger partial charge in [0.25, 0.3) is 0 Å². The van der Waals surface area contributed by atoms with Gasteiger partial charge in [-0.25, -0.2) is 9.48 Å². The summed E-state index contributed by atoms with van der Waals surface area (Å²) in [5, 5.41) is 17.5. The highest BCUT2D eigenvalue weighted by Gasteiger charge is 2.42. The van der Waals surface area contributed by atoms with Gasteiger partial charge in [0.2, 0.25) is 0 Å². The minimum Gasteiger partial charge on any atom is -0.477 e. The third-order valence-electron chi connectivity index (χ3n) is 4.44. The lowest BCUT2D eigenvalue weighted by Gasteiger charge is -2.12. The summed E-state index contributed by atoms with van der Waals surface area (Å²) in [6.07, 6.45) is -4.09. The van der Waals surface area contributed by atoms with Gasteiger partial charge in [-0.3, -0.25) is 0 Å². The number of hydrogen-bond donors (Lipinski definition) is 1. The van der Waals surface area contributed by atoms with Crippen molar-refractivity contribution in [3.63, 3.8) is 0 Å². The van der Waals surface area contributed by atoms with Crippen LogP contribution in [0.5, 0.6) is 0 Å². The van der Waals surface area contributed by atoms with Crippen molar-refractivity contribution in [2.75, 3.05) is 0 Å². The number of carbonyl (C=O) groups is 1. The number of aromatic carboxylic acids is 1. The number of carboxylic acids is 1. The summed E-state index contributed by atoms with van der Waals surface area (Å²) >= 11 is 18.2. The summed E-state index contributed by atoms with van der Waals surface area (Å²) in [5.74, 6) is -2.24. The van der Waals surface area contributed by atoms with Gasteiger partial charge in [0.15, 0.2) is 11.5 Å². The number of aromatic nitrogens is 3. The van der Waals surface area contributed by atoms with E-state index in [0.717, 1.165) is 6.20 Å². The second-order valence-corrected chi connectivity index (χ2v) is 7.68. The SMILES string of the molecule is O=C(O)c1c(-c2c(Cl)cccc2Cl)noc1-c1cnn(-c2cccc(Cl)c2)c1C(F)(F)F. The molecule has 0 unspecified atom stereocenters. The molecule has 0 spiro atoms. The summed E-state index contributed by atoms with van der Waals surface area (Å²) in [4.78, 5) is 12.0. The van der Waals surface area contributed by atoms with E-state index >= 15 is 0 Å². The largest absolute Gasteiger partial charge is 0.477 e. The van der Waals surface area contributed by atoms with E-state index in [1.807, 2.05) is 0 Å². The lowest BCUT2D eigenvalue weighted by atomic mass is 10.0. The van der Waals surface area contributed by atoms with Crippen molar-refractivity contribution in [3.05, 3.63) is 75.0 Å². The van der Waals surface area contributed by atoms with Crippen molar-refractivity contribution in [1.82, 2.24) is 14.9 Å². The molecule has 164 valence electrons. The summed E-state index contributed by atoms with van der Waals surface area (Å²) in [5.41, 5.74) is -2.82. The maximum atomic E-state index is 14.1. The predicted molar refractivity (Wildman–Crippen MR) is 111 cm³/mol. The van der Waals surface area contributed by atoms with Crippen LogP contribution < -0.4 is 0 Å². The molecule has 0 saturated heterocycles. The molecule has 0 radical (unpaired) electrons. The van der Waals surface area contributed by atoms with Gasteiger partial charge in [0, 0.05) is 10.6 Å². The third-order valence-corrected chi connectivity index (χ3v) is 5.31. The quantitative estimate of drug-likeness (QED) is 0.329. The van der Waals surface area contributed by atoms with Gasteiger partial charge in [-0.1, -0.05) is 52.1 Å². The van der Waals surface area contributed by atoms with Crippen molar-refractivity contribution in [1.29, 1.82) is 0 Å². The minimum absolute atomic E-state index is 0.0130. The Morgan fingerprint density at radius 1 is 1.06 bits per heavy atom. The van der Waals surface area contributed by atoms with E-state index in [1.165, 1.54) is 42.5 Å². The fraction of sp³-hybridized carbons (Fsp3) is 0.0500. The fourth-order valence-corrected chi connectivity index (χ4v) is 3.92. The smallest absolute Gasteiger partial charge is 0.434 e. The van der Waals surface area contributed by atoms with Crippen LogP contribution in [0.4, 0.5) is 13.2 Å². The van der Waals surface area contributed by atoms with Crippen molar-refractivity contribution in [3.8, 4) is 28.3 Å². The molecule has 32 heavy (non-hydrogen) atoms. The van der Waals surface area contributed by atoms with Gasteiger partial charge in [0.1, 0.15) is 11.3 Å². The first-order valence-corrected chi connectivity index (χ1v) is 9.82. The molecule has 12 heteroatoms. The molecule has 0 atom stereocenters.